The van der Waals surface area contributed by atoms with Gasteiger partial charge in [-0.2, -0.15) is 5.10 Å². The van der Waals surface area contributed by atoms with Crippen LogP contribution in [-0.2, 0) is 0 Å². The van der Waals surface area contributed by atoms with E-state index in [-0.39, 0.29) is 11.5 Å². The van der Waals surface area contributed by atoms with Crippen LogP contribution in [0.5, 0.6) is 5.75 Å². The van der Waals surface area contributed by atoms with Gasteiger partial charge in [-0.1, -0.05) is 18.2 Å². The molecule has 0 bridgehead atoms. The number of furan rings is 1. The van der Waals surface area contributed by atoms with E-state index in [1.165, 1.54) is 19.2 Å². The van der Waals surface area contributed by atoms with Crippen LogP contribution >= 0.6 is 0 Å². The number of hydrogen-bond donors (Lipinski definition) is 1. The molecular formula is C19H17FN2O3. The largest absolute Gasteiger partial charge is 0.494 e. The molecule has 3 rings (SSSR count). The summed E-state index contributed by atoms with van der Waals surface area (Å²) >= 11 is 0. The Labute approximate surface area is 144 Å². The Bertz CT molecular complexity index is 976. The molecule has 25 heavy (non-hydrogen) atoms. The van der Waals surface area contributed by atoms with Crippen molar-refractivity contribution in [3.63, 3.8) is 0 Å². The molecule has 0 radical (unpaired) electrons. The minimum atomic E-state index is -0.492. The summed E-state index contributed by atoms with van der Waals surface area (Å²) in [6, 6.07) is 11.9. The van der Waals surface area contributed by atoms with E-state index in [4.69, 9.17) is 9.15 Å². The van der Waals surface area contributed by atoms with E-state index in [0.717, 1.165) is 10.9 Å². The van der Waals surface area contributed by atoms with Crippen LogP contribution in [0.15, 0.2) is 52.0 Å². The van der Waals surface area contributed by atoms with E-state index in [1.807, 2.05) is 25.1 Å². The predicted molar refractivity (Wildman–Crippen MR) is 93.6 cm³/mol. The Morgan fingerprint density at radius 1 is 1.24 bits per heavy atom. The number of ether oxygens (including phenoxy) is 1. The van der Waals surface area contributed by atoms with Gasteiger partial charge in [0.05, 0.1) is 12.8 Å². The van der Waals surface area contributed by atoms with Gasteiger partial charge in [-0.3, -0.25) is 4.79 Å². The molecule has 0 unspecified atom stereocenters. The summed E-state index contributed by atoms with van der Waals surface area (Å²) in [5, 5.41) is 4.91. The number of fused-ring (bicyclic) bond motifs is 1. The third-order valence-electron chi connectivity index (χ3n) is 3.94. The van der Waals surface area contributed by atoms with E-state index < -0.39 is 11.7 Å². The average Bonchev–Trinajstić information content (AvgIpc) is 2.96. The normalized spacial score (nSPS) is 11.6. The van der Waals surface area contributed by atoms with Crippen LogP contribution in [0.4, 0.5) is 4.39 Å². The number of hydrogen-bond acceptors (Lipinski definition) is 4. The van der Waals surface area contributed by atoms with Crippen molar-refractivity contribution in [2.24, 2.45) is 5.10 Å². The van der Waals surface area contributed by atoms with Crippen LogP contribution in [-0.4, -0.2) is 18.7 Å². The molecule has 0 aliphatic rings. The fourth-order valence-electron chi connectivity index (χ4n) is 2.53. The lowest BCUT2D eigenvalue weighted by Crippen LogP contribution is -2.19. The van der Waals surface area contributed by atoms with Crippen molar-refractivity contribution in [2.75, 3.05) is 7.11 Å². The van der Waals surface area contributed by atoms with Crippen molar-refractivity contribution < 1.29 is 18.3 Å². The molecule has 1 heterocycles. The van der Waals surface area contributed by atoms with Crippen LogP contribution in [0.1, 0.15) is 28.6 Å². The van der Waals surface area contributed by atoms with Crippen molar-refractivity contribution >= 4 is 22.6 Å². The Morgan fingerprint density at radius 3 is 2.68 bits per heavy atom. The zero-order valence-electron chi connectivity index (χ0n) is 14.1. The van der Waals surface area contributed by atoms with Gasteiger partial charge in [-0.15, -0.1) is 0 Å². The summed E-state index contributed by atoms with van der Waals surface area (Å²) in [5.41, 5.74) is 4.84. The maximum absolute atomic E-state index is 13.8. The van der Waals surface area contributed by atoms with Crippen molar-refractivity contribution in [1.82, 2.24) is 5.43 Å². The van der Waals surface area contributed by atoms with Gasteiger partial charge >= 0.3 is 5.91 Å². The molecule has 0 spiro atoms. The zero-order chi connectivity index (χ0) is 18.0. The lowest BCUT2D eigenvalue weighted by molar-refractivity contribution is 0.0928. The summed E-state index contributed by atoms with van der Waals surface area (Å²) < 4.78 is 24.2. The standard InChI is InChI=1S/C19H17FN2O3/c1-11-14-6-4-5-7-16(14)25-18(11)19(23)22-21-12(2)13-8-9-17(24-3)15(20)10-13/h4-10H,1-3H3,(H,22,23)/b21-12-. The molecule has 0 fully saturated rings. The molecule has 1 amide bonds. The zero-order valence-corrected chi connectivity index (χ0v) is 14.1. The number of carbonyl (C=O) groups is 1. The Hall–Kier alpha value is -3.15. The van der Waals surface area contributed by atoms with Gasteiger partial charge < -0.3 is 9.15 Å². The fraction of sp³-hybridized carbons (Fsp3) is 0.158. The van der Waals surface area contributed by atoms with Crippen molar-refractivity contribution in [2.45, 2.75) is 13.8 Å². The first kappa shape index (κ1) is 16.7. The highest BCUT2D eigenvalue weighted by molar-refractivity contribution is 6.02. The van der Waals surface area contributed by atoms with E-state index in [9.17, 15) is 9.18 Å². The number of benzene rings is 2. The molecule has 1 aromatic heterocycles. The fourth-order valence-corrected chi connectivity index (χ4v) is 2.53. The van der Waals surface area contributed by atoms with Gasteiger partial charge in [0.25, 0.3) is 0 Å². The highest BCUT2D eigenvalue weighted by atomic mass is 19.1. The van der Waals surface area contributed by atoms with Gasteiger partial charge in [-0.05, 0) is 38.1 Å². The first-order valence-corrected chi connectivity index (χ1v) is 7.68. The molecule has 3 aromatic rings. The Kier molecular flexibility index (Phi) is 4.52. The number of carbonyl (C=O) groups excluding carboxylic acids is 1. The van der Waals surface area contributed by atoms with Crippen molar-refractivity contribution in [3.8, 4) is 5.75 Å². The van der Waals surface area contributed by atoms with Crippen LogP contribution in [0.3, 0.4) is 0 Å². The van der Waals surface area contributed by atoms with Crippen molar-refractivity contribution in [3.05, 3.63) is 65.2 Å². The molecule has 1 N–H and O–H groups in total. The van der Waals surface area contributed by atoms with E-state index in [1.54, 1.807) is 19.1 Å². The molecule has 0 saturated heterocycles. The first-order chi connectivity index (χ1) is 12.0. The highest BCUT2D eigenvalue weighted by Crippen LogP contribution is 2.24. The second-order valence-corrected chi connectivity index (χ2v) is 5.54. The molecule has 2 aromatic carbocycles. The second-order valence-electron chi connectivity index (χ2n) is 5.54. The van der Waals surface area contributed by atoms with E-state index in [0.29, 0.717) is 16.9 Å². The average molecular weight is 340 g/mol. The Balaban J connectivity index is 1.81. The molecule has 0 aliphatic heterocycles. The van der Waals surface area contributed by atoms with Crippen LogP contribution in [0, 0.1) is 12.7 Å². The molecule has 128 valence electrons. The van der Waals surface area contributed by atoms with Gasteiger partial charge in [0.2, 0.25) is 0 Å². The summed E-state index contributed by atoms with van der Waals surface area (Å²) in [6.45, 7) is 3.49. The summed E-state index contributed by atoms with van der Waals surface area (Å²) in [6.07, 6.45) is 0. The molecule has 0 aliphatic carbocycles. The molecule has 0 atom stereocenters. The van der Waals surface area contributed by atoms with Crippen LogP contribution in [0.25, 0.3) is 11.0 Å². The van der Waals surface area contributed by atoms with Crippen LogP contribution in [0.2, 0.25) is 0 Å². The number of nitrogens with zero attached hydrogens (tertiary/aromatic N) is 1. The molecule has 6 heteroatoms. The lowest BCUT2D eigenvalue weighted by atomic mass is 10.1. The third-order valence-corrected chi connectivity index (χ3v) is 3.94. The monoisotopic (exact) mass is 340 g/mol. The Morgan fingerprint density at radius 2 is 2.00 bits per heavy atom. The number of rotatable bonds is 4. The van der Waals surface area contributed by atoms with E-state index >= 15 is 0 Å². The maximum atomic E-state index is 13.8. The number of halogens is 1. The minimum absolute atomic E-state index is 0.151. The number of nitrogens with one attached hydrogen (secondary N) is 1. The van der Waals surface area contributed by atoms with Crippen molar-refractivity contribution in [1.29, 1.82) is 0 Å². The number of hydrazone groups is 1. The quantitative estimate of drug-likeness (QED) is 0.576. The number of aryl methyl sites for hydroxylation is 1. The maximum Gasteiger partial charge on any atom is 0.307 e. The van der Waals surface area contributed by atoms with Gasteiger partial charge in [0.15, 0.2) is 17.3 Å². The molecular weight excluding hydrogens is 323 g/mol. The lowest BCUT2D eigenvalue weighted by Gasteiger charge is -2.05. The number of para-hydroxylation sites is 1. The molecule has 0 saturated carbocycles. The number of amides is 1. The minimum Gasteiger partial charge on any atom is -0.494 e. The summed E-state index contributed by atoms with van der Waals surface area (Å²) in [7, 11) is 1.40. The second kappa shape index (κ2) is 6.76. The van der Waals surface area contributed by atoms with E-state index in [2.05, 4.69) is 10.5 Å². The summed E-state index contributed by atoms with van der Waals surface area (Å²) in [5.74, 6) is -0.590. The predicted octanol–water partition coefficient (Wildman–Crippen LogP) is 4.04. The third kappa shape index (κ3) is 3.24. The highest BCUT2D eigenvalue weighted by Gasteiger charge is 2.17. The number of methoxy groups -OCH3 is 1. The smallest absolute Gasteiger partial charge is 0.307 e. The van der Waals surface area contributed by atoms with Gasteiger partial charge in [0.1, 0.15) is 5.58 Å². The summed E-state index contributed by atoms with van der Waals surface area (Å²) in [4.78, 5) is 12.3. The SMILES string of the molecule is COc1ccc(/C(C)=N\NC(=O)c2oc3ccccc3c2C)cc1F. The molecule has 5 nitrogen and oxygen atoms in total. The topological polar surface area (TPSA) is 63.8 Å². The van der Waals surface area contributed by atoms with Gasteiger partial charge in [-0.25, -0.2) is 9.82 Å². The van der Waals surface area contributed by atoms with Gasteiger partial charge in [0, 0.05) is 16.5 Å². The van der Waals surface area contributed by atoms with Crippen LogP contribution < -0.4 is 10.2 Å². The first-order valence-electron chi connectivity index (χ1n) is 7.68.